The predicted octanol–water partition coefficient (Wildman–Crippen LogP) is 2.77. The lowest BCUT2D eigenvalue weighted by Crippen LogP contribution is -2.06. The number of aromatic nitrogens is 4. The molecule has 1 aromatic carbocycles. The molecule has 0 aliphatic heterocycles. The highest BCUT2D eigenvalue weighted by Crippen LogP contribution is 2.23. The number of hydrogen-bond donors (Lipinski definition) is 1. The molecule has 7 heteroatoms. The maximum atomic E-state index is 11.4. The summed E-state index contributed by atoms with van der Waals surface area (Å²) in [6, 6.07) is 6.92. The molecular formula is C16H16N4O2S. The predicted molar refractivity (Wildman–Crippen MR) is 88.6 cm³/mol. The van der Waals surface area contributed by atoms with Crippen LogP contribution in [0.2, 0.25) is 0 Å². The molecule has 0 amide bonds. The van der Waals surface area contributed by atoms with Crippen LogP contribution in [0.3, 0.4) is 0 Å². The van der Waals surface area contributed by atoms with Gasteiger partial charge in [-0.15, -0.1) is 0 Å². The van der Waals surface area contributed by atoms with Gasteiger partial charge in [-0.05, 0) is 6.07 Å². The molecule has 0 atom stereocenters. The molecule has 0 fully saturated rings. The molecule has 0 unspecified atom stereocenters. The zero-order valence-corrected chi connectivity index (χ0v) is 13.4. The molecule has 0 radical (unpaired) electrons. The van der Waals surface area contributed by atoms with Gasteiger partial charge in [0.05, 0.1) is 5.56 Å². The number of nitrogens with zero attached hydrogens (tertiary/aromatic N) is 4. The fraction of sp³-hybridized carbons (Fsp3) is 0.188. The number of carbonyl (C=O) groups is 1. The molecule has 23 heavy (non-hydrogen) atoms. The normalized spacial score (nSPS) is 10.8. The number of imidazole rings is 2. The van der Waals surface area contributed by atoms with Crippen molar-refractivity contribution < 1.29 is 9.90 Å². The lowest BCUT2D eigenvalue weighted by Gasteiger charge is -2.10. The van der Waals surface area contributed by atoms with Gasteiger partial charge >= 0.3 is 5.97 Å². The van der Waals surface area contributed by atoms with Gasteiger partial charge in [0, 0.05) is 49.7 Å². The number of benzene rings is 1. The van der Waals surface area contributed by atoms with E-state index in [0.717, 1.165) is 17.5 Å². The van der Waals surface area contributed by atoms with Crippen molar-refractivity contribution in [3.8, 4) is 11.4 Å². The van der Waals surface area contributed by atoms with Crippen LogP contribution in [0, 0.1) is 0 Å². The van der Waals surface area contributed by atoms with Gasteiger partial charge in [-0.3, -0.25) is 0 Å². The van der Waals surface area contributed by atoms with Crippen molar-refractivity contribution in [2.75, 3.05) is 5.75 Å². The quantitative estimate of drug-likeness (QED) is 0.704. The van der Waals surface area contributed by atoms with Crippen molar-refractivity contribution in [2.24, 2.45) is 7.05 Å². The maximum Gasteiger partial charge on any atom is 0.336 e. The van der Waals surface area contributed by atoms with Crippen LogP contribution in [0.4, 0.5) is 0 Å². The molecule has 0 saturated carbocycles. The van der Waals surface area contributed by atoms with Crippen molar-refractivity contribution in [1.29, 1.82) is 0 Å². The highest BCUT2D eigenvalue weighted by molar-refractivity contribution is 7.99. The SMILES string of the molecule is Cn1ccnc1SCCn1ccnc1-c1ccccc1C(=O)O. The number of rotatable bonds is 6. The Kier molecular flexibility index (Phi) is 4.47. The summed E-state index contributed by atoms with van der Waals surface area (Å²) in [4.78, 5) is 20.0. The van der Waals surface area contributed by atoms with Crippen LogP contribution in [0.25, 0.3) is 11.4 Å². The minimum atomic E-state index is -0.947. The van der Waals surface area contributed by atoms with Crippen LogP contribution in [-0.4, -0.2) is 35.9 Å². The minimum Gasteiger partial charge on any atom is -0.478 e. The number of hydrogen-bond acceptors (Lipinski definition) is 4. The zero-order chi connectivity index (χ0) is 16.2. The molecular weight excluding hydrogens is 312 g/mol. The number of carboxylic acid groups (broad SMARTS) is 1. The summed E-state index contributed by atoms with van der Waals surface area (Å²) < 4.78 is 3.94. The van der Waals surface area contributed by atoms with Gasteiger partial charge in [0.2, 0.25) is 0 Å². The molecule has 0 bridgehead atoms. The first kappa shape index (κ1) is 15.4. The van der Waals surface area contributed by atoms with Crippen LogP contribution >= 0.6 is 11.8 Å². The molecule has 1 N–H and O–H groups in total. The average Bonchev–Trinajstić information content (AvgIpc) is 3.17. The smallest absolute Gasteiger partial charge is 0.336 e. The van der Waals surface area contributed by atoms with E-state index in [9.17, 15) is 9.90 Å². The first-order chi connectivity index (χ1) is 11.2. The van der Waals surface area contributed by atoms with Crippen LogP contribution in [0.15, 0.2) is 54.2 Å². The first-order valence-corrected chi connectivity index (χ1v) is 8.09. The van der Waals surface area contributed by atoms with Gasteiger partial charge in [-0.25, -0.2) is 14.8 Å². The van der Waals surface area contributed by atoms with Gasteiger partial charge < -0.3 is 14.2 Å². The van der Waals surface area contributed by atoms with Gasteiger partial charge in [0.15, 0.2) is 5.16 Å². The van der Waals surface area contributed by atoms with Gasteiger partial charge in [0.25, 0.3) is 0 Å². The summed E-state index contributed by atoms with van der Waals surface area (Å²) >= 11 is 1.65. The van der Waals surface area contributed by atoms with E-state index in [-0.39, 0.29) is 5.56 Å². The second-order valence-electron chi connectivity index (χ2n) is 4.96. The first-order valence-electron chi connectivity index (χ1n) is 7.11. The molecule has 0 spiro atoms. The van der Waals surface area contributed by atoms with Crippen molar-refractivity contribution >= 4 is 17.7 Å². The van der Waals surface area contributed by atoms with E-state index in [1.807, 2.05) is 34.6 Å². The van der Waals surface area contributed by atoms with Gasteiger partial charge in [0.1, 0.15) is 5.82 Å². The molecule has 3 rings (SSSR count). The van der Waals surface area contributed by atoms with Crippen molar-refractivity contribution in [3.63, 3.8) is 0 Å². The summed E-state index contributed by atoms with van der Waals surface area (Å²) in [5, 5.41) is 10.3. The van der Waals surface area contributed by atoms with Crippen molar-refractivity contribution in [3.05, 3.63) is 54.6 Å². The molecule has 0 saturated heterocycles. The van der Waals surface area contributed by atoms with Crippen LogP contribution in [0.5, 0.6) is 0 Å². The topological polar surface area (TPSA) is 72.9 Å². The van der Waals surface area contributed by atoms with E-state index >= 15 is 0 Å². The summed E-state index contributed by atoms with van der Waals surface area (Å²) in [5.74, 6) is 0.546. The minimum absolute atomic E-state index is 0.261. The number of aromatic carboxylic acids is 1. The van der Waals surface area contributed by atoms with Gasteiger partial charge in [-0.1, -0.05) is 30.0 Å². The fourth-order valence-corrected chi connectivity index (χ4v) is 3.20. The number of thioether (sulfide) groups is 1. The summed E-state index contributed by atoms with van der Waals surface area (Å²) in [7, 11) is 1.96. The highest BCUT2D eigenvalue weighted by Gasteiger charge is 2.15. The average molecular weight is 328 g/mol. The Morgan fingerprint density at radius 2 is 2.00 bits per heavy atom. The van der Waals surface area contributed by atoms with E-state index < -0.39 is 5.97 Å². The monoisotopic (exact) mass is 328 g/mol. The Balaban J connectivity index is 1.78. The van der Waals surface area contributed by atoms with E-state index in [0.29, 0.717) is 11.4 Å². The Morgan fingerprint density at radius 1 is 1.22 bits per heavy atom. The zero-order valence-electron chi connectivity index (χ0n) is 12.6. The standard InChI is InChI=1S/C16H16N4O2S/c1-19-8-6-18-16(19)23-11-10-20-9-7-17-14(20)12-4-2-3-5-13(12)15(21)22/h2-9H,10-11H2,1H3,(H,21,22). The Morgan fingerprint density at radius 3 is 2.74 bits per heavy atom. The number of carboxylic acids is 1. The van der Waals surface area contributed by atoms with E-state index in [1.54, 1.807) is 42.4 Å². The largest absolute Gasteiger partial charge is 0.478 e. The van der Waals surface area contributed by atoms with E-state index in [1.165, 1.54) is 0 Å². The van der Waals surface area contributed by atoms with E-state index in [2.05, 4.69) is 9.97 Å². The van der Waals surface area contributed by atoms with Crippen LogP contribution in [0.1, 0.15) is 10.4 Å². The molecule has 6 nitrogen and oxygen atoms in total. The molecule has 2 aromatic heterocycles. The lowest BCUT2D eigenvalue weighted by molar-refractivity contribution is 0.0697. The Hall–Kier alpha value is -2.54. The van der Waals surface area contributed by atoms with Crippen molar-refractivity contribution in [2.45, 2.75) is 11.7 Å². The van der Waals surface area contributed by atoms with Gasteiger partial charge in [-0.2, -0.15) is 0 Å². The molecule has 2 heterocycles. The molecule has 0 aliphatic rings. The molecule has 3 aromatic rings. The third-order valence-corrected chi connectivity index (χ3v) is 4.49. The third-order valence-electron chi connectivity index (χ3n) is 3.45. The van der Waals surface area contributed by atoms with Crippen LogP contribution in [-0.2, 0) is 13.6 Å². The highest BCUT2D eigenvalue weighted by atomic mass is 32.2. The Bertz CT molecular complexity index is 825. The fourth-order valence-electron chi connectivity index (χ4n) is 2.32. The lowest BCUT2D eigenvalue weighted by atomic mass is 10.1. The maximum absolute atomic E-state index is 11.4. The summed E-state index contributed by atoms with van der Waals surface area (Å²) in [6.07, 6.45) is 7.24. The number of aryl methyl sites for hydroxylation is 2. The Labute approximate surface area is 137 Å². The third kappa shape index (κ3) is 3.29. The van der Waals surface area contributed by atoms with Crippen LogP contribution < -0.4 is 0 Å². The second-order valence-corrected chi connectivity index (χ2v) is 6.03. The molecule has 0 aliphatic carbocycles. The van der Waals surface area contributed by atoms with Crippen molar-refractivity contribution in [1.82, 2.24) is 19.1 Å². The summed E-state index contributed by atoms with van der Waals surface area (Å²) in [5.41, 5.74) is 0.892. The van der Waals surface area contributed by atoms with E-state index in [4.69, 9.17) is 0 Å². The summed E-state index contributed by atoms with van der Waals surface area (Å²) in [6.45, 7) is 0.723. The second kappa shape index (κ2) is 6.70. The molecule has 118 valence electrons.